The van der Waals surface area contributed by atoms with E-state index in [1.807, 2.05) is 13.0 Å². The molecule has 0 aliphatic carbocycles. The Balaban J connectivity index is 1.74. The van der Waals surface area contributed by atoms with E-state index in [-0.39, 0.29) is 0 Å². The average molecular weight is 270 g/mol. The van der Waals surface area contributed by atoms with E-state index in [1.165, 1.54) is 25.8 Å². The van der Waals surface area contributed by atoms with Crippen molar-refractivity contribution in [2.75, 3.05) is 13.1 Å². The number of aromatic nitrogens is 3. The summed E-state index contributed by atoms with van der Waals surface area (Å²) in [5.74, 6) is 2.83. The molecule has 20 heavy (non-hydrogen) atoms. The van der Waals surface area contributed by atoms with E-state index in [1.54, 1.807) is 0 Å². The first-order valence-electron chi connectivity index (χ1n) is 7.51. The second-order valence-electron chi connectivity index (χ2n) is 5.59. The van der Waals surface area contributed by atoms with Crippen LogP contribution in [0, 0.1) is 12.8 Å². The van der Waals surface area contributed by atoms with E-state index in [0.29, 0.717) is 0 Å². The summed E-state index contributed by atoms with van der Waals surface area (Å²) in [5, 5.41) is 12.1. The molecule has 2 heterocycles. The highest BCUT2D eigenvalue weighted by Gasteiger charge is 2.16. The molecule has 1 aliphatic rings. The van der Waals surface area contributed by atoms with Crippen molar-refractivity contribution in [3.05, 3.63) is 42.0 Å². The smallest absolute Gasteiger partial charge is 0.137 e. The van der Waals surface area contributed by atoms with Crippen molar-refractivity contribution in [2.45, 2.75) is 32.6 Å². The molecule has 0 saturated carbocycles. The van der Waals surface area contributed by atoms with Crippen molar-refractivity contribution in [1.29, 1.82) is 0 Å². The van der Waals surface area contributed by atoms with Gasteiger partial charge >= 0.3 is 0 Å². The van der Waals surface area contributed by atoms with Gasteiger partial charge in [0.2, 0.25) is 0 Å². The summed E-state index contributed by atoms with van der Waals surface area (Å²) in [6.45, 7) is 4.35. The molecule has 4 heteroatoms. The molecule has 1 unspecified atom stereocenters. The first-order chi connectivity index (χ1) is 9.84. The van der Waals surface area contributed by atoms with Crippen molar-refractivity contribution in [3.63, 3.8) is 0 Å². The van der Waals surface area contributed by atoms with E-state index in [2.05, 4.69) is 44.3 Å². The summed E-state index contributed by atoms with van der Waals surface area (Å²) in [4.78, 5) is 0. The maximum atomic E-state index is 4.37. The quantitative estimate of drug-likeness (QED) is 0.928. The Morgan fingerprint density at radius 1 is 1.25 bits per heavy atom. The Hall–Kier alpha value is -1.68. The highest BCUT2D eigenvalue weighted by molar-refractivity contribution is 5.33. The second kappa shape index (κ2) is 6.18. The van der Waals surface area contributed by atoms with E-state index in [9.17, 15) is 0 Å². The van der Waals surface area contributed by atoms with Gasteiger partial charge in [-0.05, 0) is 57.3 Å². The molecule has 1 aliphatic heterocycles. The van der Waals surface area contributed by atoms with Crippen LogP contribution in [0.2, 0.25) is 0 Å². The number of hydrogen-bond acceptors (Lipinski definition) is 3. The molecule has 1 saturated heterocycles. The van der Waals surface area contributed by atoms with Crippen LogP contribution >= 0.6 is 0 Å². The number of nitrogens with one attached hydrogen (secondary N) is 1. The van der Waals surface area contributed by atoms with Gasteiger partial charge in [0.1, 0.15) is 11.6 Å². The predicted molar refractivity (Wildman–Crippen MR) is 80.0 cm³/mol. The Morgan fingerprint density at radius 3 is 2.85 bits per heavy atom. The number of nitrogens with zero attached hydrogens (tertiary/aromatic N) is 3. The van der Waals surface area contributed by atoms with Gasteiger partial charge in [0.15, 0.2) is 0 Å². The maximum absolute atomic E-state index is 4.37. The highest BCUT2D eigenvalue weighted by atomic mass is 15.3. The molecular weight excluding hydrogens is 248 g/mol. The standard InChI is InChI=1S/C16H22N4/c1-13-18-19-16(10-9-14-6-5-11-17-12-14)20(13)15-7-3-2-4-8-15/h2-4,7-8,14,17H,5-6,9-12H2,1H3. The van der Waals surface area contributed by atoms with Gasteiger partial charge in [0.05, 0.1) is 0 Å². The lowest BCUT2D eigenvalue weighted by molar-refractivity contribution is 0.355. The molecule has 0 spiro atoms. The van der Waals surface area contributed by atoms with Crippen molar-refractivity contribution in [1.82, 2.24) is 20.1 Å². The molecule has 4 nitrogen and oxygen atoms in total. The summed E-state index contributed by atoms with van der Waals surface area (Å²) in [5.41, 5.74) is 1.16. The van der Waals surface area contributed by atoms with Crippen LogP contribution < -0.4 is 5.32 Å². The van der Waals surface area contributed by atoms with Gasteiger partial charge in [-0.15, -0.1) is 10.2 Å². The van der Waals surface area contributed by atoms with Gasteiger partial charge < -0.3 is 5.32 Å². The lowest BCUT2D eigenvalue weighted by Gasteiger charge is -2.22. The van der Waals surface area contributed by atoms with Gasteiger partial charge in [-0.2, -0.15) is 0 Å². The third kappa shape index (κ3) is 2.90. The molecule has 1 atom stereocenters. The van der Waals surface area contributed by atoms with Crippen molar-refractivity contribution < 1.29 is 0 Å². The molecule has 0 radical (unpaired) electrons. The predicted octanol–water partition coefficient (Wildman–Crippen LogP) is 2.51. The first-order valence-corrected chi connectivity index (χ1v) is 7.51. The van der Waals surface area contributed by atoms with E-state index >= 15 is 0 Å². The largest absolute Gasteiger partial charge is 0.316 e. The lowest BCUT2D eigenvalue weighted by Crippen LogP contribution is -2.30. The second-order valence-corrected chi connectivity index (χ2v) is 5.59. The number of benzene rings is 1. The summed E-state index contributed by atoms with van der Waals surface area (Å²) in [6, 6.07) is 10.4. The highest BCUT2D eigenvalue weighted by Crippen LogP contribution is 2.19. The Bertz CT molecular complexity index is 541. The van der Waals surface area contributed by atoms with Crippen LogP contribution in [-0.4, -0.2) is 27.9 Å². The van der Waals surface area contributed by atoms with Crippen LogP contribution in [0.4, 0.5) is 0 Å². The molecule has 0 amide bonds. The maximum Gasteiger partial charge on any atom is 0.137 e. The minimum Gasteiger partial charge on any atom is -0.316 e. The minimum absolute atomic E-state index is 0.782. The third-order valence-corrected chi connectivity index (χ3v) is 4.08. The molecule has 1 aromatic heterocycles. The monoisotopic (exact) mass is 270 g/mol. The molecular formula is C16H22N4. The fraction of sp³-hybridized carbons (Fsp3) is 0.500. The zero-order chi connectivity index (χ0) is 13.8. The van der Waals surface area contributed by atoms with E-state index < -0.39 is 0 Å². The van der Waals surface area contributed by atoms with Gasteiger partial charge in [0, 0.05) is 12.1 Å². The third-order valence-electron chi connectivity index (χ3n) is 4.08. The Morgan fingerprint density at radius 2 is 2.10 bits per heavy atom. The fourth-order valence-electron chi connectivity index (χ4n) is 2.98. The number of para-hydroxylation sites is 1. The van der Waals surface area contributed by atoms with E-state index in [4.69, 9.17) is 0 Å². The molecule has 2 aromatic rings. The average Bonchev–Trinajstić information content (AvgIpc) is 2.88. The fourth-order valence-corrected chi connectivity index (χ4v) is 2.98. The van der Waals surface area contributed by atoms with Crippen LogP contribution in [-0.2, 0) is 6.42 Å². The summed E-state index contributed by atoms with van der Waals surface area (Å²) in [7, 11) is 0. The van der Waals surface area contributed by atoms with Gasteiger partial charge in [-0.25, -0.2) is 0 Å². The van der Waals surface area contributed by atoms with Gasteiger partial charge in [-0.3, -0.25) is 4.57 Å². The molecule has 0 bridgehead atoms. The summed E-state index contributed by atoms with van der Waals surface area (Å²) >= 11 is 0. The van der Waals surface area contributed by atoms with Crippen molar-refractivity contribution >= 4 is 0 Å². The molecule has 3 rings (SSSR count). The van der Waals surface area contributed by atoms with Crippen LogP contribution in [0.3, 0.4) is 0 Å². The topological polar surface area (TPSA) is 42.7 Å². The van der Waals surface area contributed by atoms with Crippen LogP contribution in [0.25, 0.3) is 5.69 Å². The number of hydrogen-bond donors (Lipinski definition) is 1. The van der Waals surface area contributed by atoms with Gasteiger partial charge in [-0.1, -0.05) is 18.2 Å². The van der Waals surface area contributed by atoms with Crippen LogP contribution in [0.15, 0.2) is 30.3 Å². The SMILES string of the molecule is Cc1nnc(CCC2CCCNC2)n1-c1ccccc1. The molecule has 1 N–H and O–H groups in total. The normalized spacial score (nSPS) is 19.1. The number of rotatable bonds is 4. The zero-order valence-electron chi connectivity index (χ0n) is 12.0. The molecule has 106 valence electrons. The number of aryl methyl sites for hydroxylation is 2. The number of piperidine rings is 1. The van der Waals surface area contributed by atoms with Crippen LogP contribution in [0.5, 0.6) is 0 Å². The zero-order valence-corrected chi connectivity index (χ0v) is 12.0. The molecule has 1 aromatic carbocycles. The summed E-state index contributed by atoms with van der Waals surface area (Å²) < 4.78 is 2.18. The van der Waals surface area contributed by atoms with Crippen molar-refractivity contribution in [3.8, 4) is 5.69 Å². The van der Waals surface area contributed by atoms with E-state index in [0.717, 1.165) is 36.2 Å². The van der Waals surface area contributed by atoms with Crippen molar-refractivity contribution in [2.24, 2.45) is 5.92 Å². The Kier molecular flexibility index (Phi) is 4.11. The Labute approximate surface area is 120 Å². The van der Waals surface area contributed by atoms with Crippen LogP contribution in [0.1, 0.15) is 30.9 Å². The van der Waals surface area contributed by atoms with Gasteiger partial charge in [0.25, 0.3) is 0 Å². The first kappa shape index (κ1) is 13.3. The minimum atomic E-state index is 0.782. The lowest BCUT2D eigenvalue weighted by atomic mass is 9.94. The summed E-state index contributed by atoms with van der Waals surface area (Å²) in [6.07, 6.45) is 4.83. The molecule has 1 fully saturated rings.